The van der Waals surface area contributed by atoms with E-state index in [1.54, 1.807) is 13.0 Å². The molecule has 0 N–H and O–H groups in total. The van der Waals surface area contributed by atoms with E-state index in [-0.39, 0.29) is 24.4 Å². The van der Waals surface area contributed by atoms with Crippen molar-refractivity contribution in [1.82, 2.24) is 4.90 Å². The fourth-order valence-electron chi connectivity index (χ4n) is 4.39. The number of hydrogen-bond donors (Lipinski definition) is 0. The van der Waals surface area contributed by atoms with Crippen LogP contribution in [0.25, 0.3) is 11.1 Å². The fraction of sp³-hybridized carbons (Fsp3) is 0.286. The lowest BCUT2D eigenvalue weighted by atomic mass is 9.92. The molecule has 0 saturated carbocycles. The number of benzene rings is 3. The van der Waals surface area contributed by atoms with Crippen LogP contribution in [0.3, 0.4) is 0 Å². The van der Waals surface area contributed by atoms with Crippen molar-refractivity contribution >= 4 is 27.6 Å². The summed E-state index contributed by atoms with van der Waals surface area (Å²) in [6, 6.07) is 13.1. The number of carbonyl (C=O) groups is 2. The minimum absolute atomic E-state index is 0.0541. The highest BCUT2D eigenvalue weighted by atomic mass is 32.2. The third kappa shape index (κ3) is 5.67. The predicted octanol–water partition coefficient (Wildman–Crippen LogP) is 5.71. The van der Waals surface area contributed by atoms with Crippen LogP contribution in [0, 0.1) is 11.2 Å². The van der Waals surface area contributed by atoms with E-state index >= 15 is 0 Å². The Bertz CT molecular complexity index is 1570. The van der Waals surface area contributed by atoms with Gasteiger partial charge in [0.05, 0.1) is 33.7 Å². The maximum absolute atomic E-state index is 13.9. The van der Waals surface area contributed by atoms with Gasteiger partial charge >= 0.3 is 12.1 Å². The lowest BCUT2D eigenvalue weighted by Crippen LogP contribution is -2.53. The molecule has 1 heterocycles. The fourth-order valence-corrected chi connectivity index (χ4v) is 5.87. The monoisotopic (exact) mass is 578 g/mol. The van der Waals surface area contributed by atoms with Crippen LogP contribution in [-0.4, -0.2) is 45.0 Å². The van der Waals surface area contributed by atoms with Gasteiger partial charge in [-0.15, -0.1) is 0 Å². The molecule has 1 amide bonds. The number of anilines is 1. The SMILES string of the molecule is CCOC(=O)C(C)(C)CN1CN(S(=O)(=O)c2cccc(C(F)(F)F)c2)c2cc(-c3cccc(F)c3)ccc2C1=O. The largest absolute Gasteiger partial charge is 0.466 e. The third-order valence-electron chi connectivity index (χ3n) is 6.40. The molecule has 3 aromatic rings. The van der Waals surface area contributed by atoms with Crippen molar-refractivity contribution in [1.29, 1.82) is 0 Å². The van der Waals surface area contributed by atoms with Crippen LogP contribution in [0.5, 0.6) is 0 Å². The van der Waals surface area contributed by atoms with Gasteiger partial charge in [-0.05, 0) is 74.4 Å². The molecule has 1 aliphatic rings. The van der Waals surface area contributed by atoms with Gasteiger partial charge in [0.25, 0.3) is 15.9 Å². The van der Waals surface area contributed by atoms with E-state index in [2.05, 4.69) is 0 Å². The Balaban J connectivity index is 1.86. The standard InChI is InChI=1S/C28H26F4N2O5S/c1-4-39-26(36)27(2,3)16-33-17-34(40(37,38)22-10-6-8-20(15-22)28(30,31)32)24-14-19(11-12-23(24)25(33)35)18-7-5-9-21(29)13-18/h5-15H,4,16-17H2,1-3H3. The van der Waals surface area contributed by atoms with Gasteiger partial charge in [-0.1, -0.05) is 24.3 Å². The normalized spacial score (nSPS) is 14.2. The minimum Gasteiger partial charge on any atom is -0.466 e. The van der Waals surface area contributed by atoms with Crippen LogP contribution in [0.15, 0.2) is 71.6 Å². The van der Waals surface area contributed by atoms with Crippen LogP contribution in [-0.2, 0) is 25.7 Å². The summed E-state index contributed by atoms with van der Waals surface area (Å²) in [5.41, 5.74) is -1.74. The lowest BCUT2D eigenvalue weighted by molar-refractivity contribution is -0.154. The molecular formula is C28H26F4N2O5S. The number of ether oxygens (including phenoxy) is 1. The average Bonchev–Trinajstić information content (AvgIpc) is 2.89. The minimum atomic E-state index is -4.79. The second-order valence-electron chi connectivity index (χ2n) is 9.87. The molecule has 0 fully saturated rings. The maximum Gasteiger partial charge on any atom is 0.416 e. The zero-order valence-electron chi connectivity index (χ0n) is 21.8. The Labute approximate surface area is 229 Å². The molecule has 0 radical (unpaired) electrons. The number of alkyl halides is 3. The number of carbonyl (C=O) groups excluding carboxylic acids is 2. The first-order chi connectivity index (χ1) is 18.6. The molecule has 212 valence electrons. The van der Waals surface area contributed by atoms with Gasteiger partial charge in [-0.3, -0.25) is 9.59 Å². The van der Waals surface area contributed by atoms with Crippen LogP contribution in [0.4, 0.5) is 23.2 Å². The number of sulfonamides is 1. The van der Waals surface area contributed by atoms with Crippen molar-refractivity contribution in [2.24, 2.45) is 5.41 Å². The first kappa shape index (κ1) is 29.1. The second kappa shape index (κ2) is 10.6. The Hall–Kier alpha value is -3.93. The number of amides is 1. The summed E-state index contributed by atoms with van der Waals surface area (Å²) >= 11 is 0. The third-order valence-corrected chi connectivity index (χ3v) is 8.15. The van der Waals surface area contributed by atoms with Crippen LogP contribution in [0.1, 0.15) is 36.7 Å². The highest BCUT2D eigenvalue weighted by Gasteiger charge is 2.41. The van der Waals surface area contributed by atoms with Crippen LogP contribution >= 0.6 is 0 Å². The number of esters is 1. The van der Waals surface area contributed by atoms with E-state index in [0.29, 0.717) is 17.2 Å². The Kier molecular flexibility index (Phi) is 7.68. The van der Waals surface area contributed by atoms with E-state index in [9.17, 15) is 35.6 Å². The Morgan fingerprint density at radius 1 is 0.975 bits per heavy atom. The summed E-state index contributed by atoms with van der Waals surface area (Å²) in [7, 11) is -4.66. The predicted molar refractivity (Wildman–Crippen MR) is 139 cm³/mol. The smallest absolute Gasteiger partial charge is 0.416 e. The molecule has 0 aliphatic carbocycles. The van der Waals surface area contributed by atoms with Crippen molar-refractivity contribution in [2.75, 3.05) is 24.1 Å². The molecule has 3 aromatic carbocycles. The second-order valence-corrected chi connectivity index (χ2v) is 11.7. The highest BCUT2D eigenvalue weighted by molar-refractivity contribution is 7.92. The molecule has 40 heavy (non-hydrogen) atoms. The van der Waals surface area contributed by atoms with Crippen LogP contribution < -0.4 is 4.31 Å². The number of hydrogen-bond acceptors (Lipinski definition) is 5. The van der Waals surface area contributed by atoms with E-state index < -0.39 is 56.4 Å². The highest BCUT2D eigenvalue weighted by Crippen LogP contribution is 2.38. The van der Waals surface area contributed by atoms with Crippen LogP contribution in [0.2, 0.25) is 0 Å². The summed E-state index contributed by atoms with van der Waals surface area (Å²) in [6.45, 7) is 3.97. The molecule has 0 atom stereocenters. The number of halogens is 4. The zero-order valence-corrected chi connectivity index (χ0v) is 22.6. The first-order valence-corrected chi connectivity index (χ1v) is 13.7. The summed E-state index contributed by atoms with van der Waals surface area (Å²) in [4.78, 5) is 26.5. The molecule has 0 spiro atoms. The summed E-state index contributed by atoms with van der Waals surface area (Å²) < 4.78 is 87.8. The van der Waals surface area contributed by atoms with Gasteiger partial charge in [-0.2, -0.15) is 13.2 Å². The topological polar surface area (TPSA) is 84.0 Å². The summed E-state index contributed by atoms with van der Waals surface area (Å²) in [5, 5.41) is 0. The summed E-state index contributed by atoms with van der Waals surface area (Å²) in [6.07, 6.45) is -4.79. The number of nitrogens with zero attached hydrogens (tertiary/aromatic N) is 2. The van der Waals surface area contributed by atoms with E-state index in [4.69, 9.17) is 4.74 Å². The quantitative estimate of drug-likeness (QED) is 0.265. The van der Waals surface area contributed by atoms with Gasteiger partial charge in [0, 0.05) is 6.54 Å². The first-order valence-electron chi connectivity index (χ1n) is 12.2. The van der Waals surface area contributed by atoms with E-state index in [0.717, 1.165) is 27.4 Å². The zero-order chi connectivity index (χ0) is 29.5. The summed E-state index contributed by atoms with van der Waals surface area (Å²) in [5.74, 6) is -1.73. The van der Waals surface area contributed by atoms with Crippen molar-refractivity contribution in [3.05, 3.63) is 83.7 Å². The van der Waals surface area contributed by atoms with Gasteiger partial charge < -0.3 is 9.64 Å². The Morgan fingerprint density at radius 3 is 2.30 bits per heavy atom. The van der Waals surface area contributed by atoms with Crippen molar-refractivity contribution < 1.29 is 40.3 Å². The van der Waals surface area contributed by atoms with Gasteiger partial charge in [0.15, 0.2) is 0 Å². The van der Waals surface area contributed by atoms with Crippen molar-refractivity contribution in [2.45, 2.75) is 31.8 Å². The average molecular weight is 579 g/mol. The molecule has 0 bridgehead atoms. The van der Waals surface area contributed by atoms with Gasteiger partial charge in [0.1, 0.15) is 12.5 Å². The van der Waals surface area contributed by atoms with E-state index in [1.165, 1.54) is 50.2 Å². The maximum atomic E-state index is 13.9. The number of rotatable bonds is 7. The van der Waals surface area contributed by atoms with Crippen molar-refractivity contribution in [3.8, 4) is 11.1 Å². The van der Waals surface area contributed by atoms with E-state index in [1.807, 2.05) is 0 Å². The molecule has 1 aliphatic heterocycles. The number of fused-ring (bicyclic) bond motifs is 1. The molecular weight excluding hydrogens is 552 g/mol. The molecule has 7 nitrogen and oxygen atoms in total. The molecule has 12 heteroatoms. The molecule has 0 unspecified atom stereocenters. The molecule has 0 saturated heterocycles. The van der Waals surface area contributed by atoms with Gasteiger partial charge in [0.2, 0.25) is 0 Å². The molecule has 4 rings (SSSR count). The van der Waals surface area contributed by atoms with Gasteiger partial charge in [-0.25, -0.2) is 17.1 Å². The van der Waals surface area contributed by atoms with Crippen molar-refractivity contribution in [3.63, 3.8) is 0 Å². The Morgan fingerprint density at radius 2 is 1.65 bits per heavy atom. The lowest BCUT2D eigenvalue weighted by Gasteiger charge is -2.40. The molecule has 0 aromatic heterocycles.